The number of rotatable bonds is 4. The molecular formula is C24H29NO3. The van der Waals surface area contributed by atoms with Crippen molar-refractivity contribution >= 4 is 18.2 Å². The Hall–Kier alpha value is -2.75. The first kappa shape index (κ1) is 20.0. The molecule has 1 atom stereocenters. The predicted octanol–water partition coefficient (Wildman–Crippen LogP) is 5.64. The Labute approximate surface area is 167 Å². The molecule has 0 bridgehead atoms. The van der Waals surface area contributed by atoms with E-state index in [0.29, 0.717) is 6.54 Å². The van der Waals surface area contributed by atoms with Crippen molar-refractivity contribution in [2.75, 3.05) is 13.1 Å². The molecule has 1 aliphatic heterocycles. The minimum atomic E-state index is -0.478. The van der Waals surface area contributed by atoms with Crippen molar-refractivity contribution in [3.05, 3.63) is 65.7 Å². The van der Waals surface area contributed by atoms with Crippen LogP contribution in [0.5, 0.6) is 5.75 Å². The first-order valence-electron chi connectivity index (χ1n) is 9.87. The number of nitrogens with zero attached hydrogens (tertiary/aromatic N) is 1. The van der Waals surface area contributed by atoms with Crippen LogP contribution in [-0.4, -0.2) is 35.8 Å². The fraction of sp³-hybridized carbons (Fsp3) is 0.375. The van der Waals surface area contributed by atoms with E-state index in [9.17, 15) is 4.79 Å². The fourth-order valence-electron chi connectivity index (χ4n) is 3.13. The second-order valence-electron chi connectivity index (χ2n) is 8.12. The van der Waals surface area contributed by atoms with Crippen molar-refractivity contribution in [3.8, 4) is 5.75 Å². The maximum atomic E-state index is 12.3. The number of amides is 1. The third-order valence-electron chi connectivity index (χ3n) is 4.48. The lowest BCUT2D eigenvalue weighted by Gasteiger charge is -2.34. The summed E-state index contributed by atoms with van der Waals surface area (Å²) in [5.74, 6) is 0.827. The average Bonchev–Trinajstić information content (AvgIpc) is 2.67. The molecule has 4 heteroatoms. The summed E-state index contributed by atoms with van der Waals surface area (Å²) in [4.78, 5) is 14.0. The van der Waals surface area contributed by atoms with E-state index < -0.39 is 5.60 Å². The number of hydrogen-bond acceptors (Lipinski definition) is 3. The lowest BCUT2D eigenvalue weighted by molar-refractivity contribution is 0.00776. The van der Waals surface area contributed by atoms with Crippen molar-refractivity contribution in [2.45, 2.75) is 45.3 Å². The number of piperidine rings is 1. The number of benzene rings is 2. The third-order valence-corrected chi connectivity index (χ3v) is 4.48. The van der Waals surface area contributed by atoms with Gasteiger partial charge < -0.3 is 14.4 Å². The number of carbonyl (C=O) groups excluding carboxylic acids is 1. The van der Waals surface area contributed by atoms with Crippen LogP contribution >= 0.6 is 0 Å². The second-order valence-corrected chi connectivity index (χ2v) is 8.12. The van der Waals surface area contributed by atoms with Gasteiger partial charge >= 0.3 is 6.09 Å². The highest BCUT2D eigenvalue weighted by Crippen LogP contribution is 2.21. The minimum absolute atomic E-state index is 0.00743. The van der Waals surface area contributed by atoms with E-state index >= 15 is 0 Å². The van der Waals surface area contributed by atoms with Gasteiger partial charge in [0.05, 0.1) is 6.54 Å². The van der Waals surface area contributed by atoms with E-state index in [1.807, 2.05) is 63.2 Å². The zero-order valence-electron chi connectivity index (χ0n) is 16.9. The van der Waals surface area contributed by atoms with Crippen molar-refractivity contribution in [3.63, 3.8) is 0 Å². The highest BCUT2D eigenvalue weighted by Gasteiger charge is 2.28. The first-order valence-corrected chi connectivity index (χ1v) is 9.87. The number of carbonyl (C=O) groups is 1. The van der Waals surface area contributed by atoms with Gasteiger partial charge in [-0.2, -0.15) is 0 Å². The van der Waals surface area contributed by atoms with Crippen molar-refractivity contribution in [1.29, 1.82) is 0 Å². The van der Waals surface area contributed by atoms with Crippen LogP contribution in [0.4, 0.5) is 4.79 Å². The summed E-state index contributed by atoms with van der Waals surface area (Å²) in [6.45, 7) is 6.94. The molecular weight excluding hydrogens is 350 g/mol. The molecule has 0 spiro atoms. The van der Waals surface area contributed by atoms with Crippen LogP contribution in [-0.2, 0) is 4.74 Å². The summed E-state index contributed by atoms with van der Waals surface area (Å²) in [5.41, 5.74) is 1.82. The van der Waals surface area contributed by atoms with E-state index in [1.165, 1.54) is 5.56 Å². The molecule has 148 valence electrons. The summed E-state index contributed by atoms with van der Waals surface area (Å²) >= 11 is 0. The topological polar surface area (TPSA) is 38.8 Å². The van der Waals surface area contributed by atoms with Gasteiger partial charge in [-0.15, -0.1) is 0 Å². The Kier molecular flexibility index (Phi) is 6.40. The summed E-state index contributed by atoms with van der Waals surface area (Å²) in [5, 5.41) is 0. The molecule has 1 saturated heterocycles. The Bertz CT molecular complexity index is 791. The number of likely N-dealkylation sites (tertiary alicyclic amines) is 1. The van der Waals surface area contributed by atoms with Crippen molar-refractivity contribution < 1.29 is 14.3 Å². The van der Waals surface area contributed by atoms with E-state index in [4.69, 9.17) is 9.47 Å². The number of hydrogen-bond donors (Lipinski definition) is 0. The standard InChI is InChI=1S/C24H29NO3/c1-24(2,3)28-23(26)25-17-7-10-22(18-25)27-21-15-13-20(14-16-21)12-11-19-8-5-4-6-9-19/h4-6,8-9,11-16,22H,7,10,17-18H2,1-3H3/b12-11+/t22-/m0/s1. The molecule has 0 aliphatic carbocycles. The van der Waals surface area contributed by atoms with Gasteiger partial charge in [-0.25, -0.2) is 4.79 Å². The van der Waals surface area contributed by atoms with E-state index in [-0.39, 0.29) is 12.2 Å². The molecule has 3 rings (SSSR count). The minimum Gasteiger partial charge on any atom is -0.489 e. The maximum absolute atomic E-state index is 12.3. The Balaban J connectivity index is 1.55. The van der Waals surface area contributed by atoms with Gasteiger partial charge in [-0.1, -0.05) is 54.6 Å². The smallest absolute Gasteiger partial charge is 0.410 e. The largest absolute Gasteiger partial charge is 0.489 e. The summed E-state index contributed by atoms with van der Waals surface area (Å²) in [6, 6.07) is 18.3. The van der Waals surface area contributed by atoms with Gasteiger partial charge in [0, 0.05) is 6.54 Å². The van der Waals surface area contributed by atoms with E-state index in [2.05, 4.69) is 24.3 Å². The Morgan fingerprint density at radius 2 is 1.64 bits per heavy atom. The molecule has 28 heavy (non-hydrogen) atoms. The maximum Gasteiger partial charge on any atom is 0.410 e. The zero-order chi connectivity index (χ0) is 20.0. The number of ether oxygens (including phenoxy) is 2. The lowest BCUT2D eigenvalue weighted by Crippen LogP contribution is -2.46. The average molecular weight is 380 g/mol. The molecule has 0 aromatic heterocycles. The molecule has 1 aliphatic rings. The molecule has 0 unspecified atom stereocenters. The molecule has 0 N–H and O–H groups in total. The van der Waals surface area contributed by atoms with Crippen LogP contribution in [0.2, 0.25) is 0 Å². The molecule has 2 aromatic carbocycles. The van der Waals surface area contributed by atoms with Crippen LogP contribution in [0, 0.1) is 0 Å². The highest BCUT2D eigenvalue weighted by atomic mass is 16.6. The molecule has 0 saturated carbocycles. The van der Waals surface area contributed by atoms with Gasteiger partial charge in [0.1, 0.15) is 17.5 Å². The van der Waals surface area contributed by atoms with Crippen LogP contribution in [0.1, 0.15) is 44.7 Å². The van der Waals surface area contributed by atoms with E-state index in [1.54, 1.807) is 4.90 Å². The molecule has 2 aromatic rings. The van der Waals surface area contributed by atoms with E-state index in [0.717, 1.165) is 30.7 Å². The van der Waals surface area contributed by atoms with Crippen LogP contribution in [0.15, 0.2) is 54.6 Å². The monoisotopic (exact) mass is 379 g/mol. The third kappa shape index (κ3) is 6.15. The summed E-state index contributed by atoms with van der Waals surface area (Å²) < 4.78 is 11.6. The molecule has 1 fully saturated rings. The van der Waals surface area contributed by atoms with Crippen LogP contribution in [0.3, 0.4) is 0 Å². The first-order chi connectivity index (χ1) is 13.4. The molecule has 4 nitrogen and oxygen atoms in total. The predicted molar refractivity (Wildman–Crippen MR) is 113 cm³/mol. The SMILES string of the molecule is CC(C)(C)OC(=O)N1CCC[C@H](Oc2ccc(/C=C/c3ccccc3)cc2)C1. The van der Waals surface area contributed by atoms with Crippen LogP contribution < -0.4 is 4.74 Å². The Morgan fingerprint density at radius 3 is 2.29 bits per heavy atom. The fourth-order valence-corrected chi connectivity index (χ4v) is 3.13. The van der Waals surface area contributed by atoms with Gasteiger partial charge in [0.25, 0.3) is 0 Å². The molecule has 1 amide bonds. The Morgan fingerprint density at radius 1 is 1.00 bits per heavy atom. The van der Waals surface area contributed by atoms with Gasteiger partial charge in [-0.05, 0) is 56.9 Å². The van der Waals surface area contributed by atoms with Gasteiger partial charge in [0.2, 0.25) is 0 Å². The second kappa shape index (κ2) is 8.96. The van der Waals surface area contributed by atoms with Crippen LogP contribution in [0.25, 0.3) is 12.2 Å². The summed E-state index contributed by atoms with van der Waals surface area (Å²) in [7, 11) is 0. The highest BCUT2D eigenvalue weighted by molar-refractivity contribution is 5.70. The normalized spacial score (nSPS) is 17.5. The zero-order valence-corrected chi connectivity index (χ0v) is 16.9. The van der Waals surface area contributed by atoms with Gasteiger partial charge in [-0.3, -0.25) is 0 Å². The molecule has 1 heterocycles. The summed E-state index contributed by atoms with van der Waals surface area (Å²) in [6.07, 6.45) is 5.77. The quantitative estimate of drug-likeness (QED) is 0.646. The lowest BCUT2D eigenvalue weighted by atomic mass is 10.1. The van der Waals surface area contributed by atoms with Crippen molar-refractivity contribution in [2.24, 2.45) is 0 Å². The van der Waals surface area contributed by atoms with Crippen molar-refractivity contribution in [1.82, 2.24) is 4.90 Å². The van der Waals surface area contributed by atoms with Gasteiger partial charge in [0.15, 0.2) is 0 Å². The molecule has 0 radical (unpaired) electrons.